The summed E-state index contributed by atoms with van der Waals surface area (Å²) >= 11 is 1.11. The quantitative estimate of drug-likeness (QED) is 0.826. The highest BCUT2D eigenvalue weighted by atomic mass is 32.2. The Morgan fingerprint density at radius 3 is 2.41 bits per heavy atom. The molecule has 0 radical (unpaired) electrons. The Labute approximate surface area is 104 Å². The monoisotopic (exact) mass is 263 g/mol. The Kier molecular flexibility index (Phi) is 4.89. The summed E-state index contributed by atoms with van der Waals surface area (Å²) in [5, 5.41) is 3.10. The van der Waals surface area contributed by atoms with E-state index in [0.29, 0.717) is 12.1 Å². The van der Waals surface area contributed by atoms with E-state index in [-0.39, 0.29) is 10.9 Å². The fourth-order valence-electron chi connectivity index (χ4n) is 1.41. The normalized spacial score (nSPS) is 12.2. The molecule has 0 saturated carbocycles. The van der Waals surface area contributed by atoms with E-state index >= 15 is 0 Å². The molecule has 0 fully saturated rings. The van der Waals surface area contributed by atoms with Crippen LogP contribution in [0.2, 0.25) is 0 Å². The third-order valence-electron chi connectivity index (χ3n) is 2.28. The highest BCUT2D eigenvalue weighted by Gasteiger charge is 2.33. The Balaban J connectivity index is 2.97. The highest BCUT2D eigenvalue weighted by Crippen LogP contribution is 2.36. The first kappa shape index (κ1) is 14.4. The second kappa shape index (κ2) is 5.78. The molecule has 0 unspecified atom stereocenters. The molecule has 0 spiro atoms. The number of hydrogen-bond acceptors (Lipinski definition) is 2. The molecule has 0 amide bonds. The van der Waals surface area contributed by atoms with Crippen LogP contribution in [0.4, 0.5) is 13.2 Å². The lowest BCUT2D eigenvalue weighted by atomic mass is 10.1. The summed E-state index contributed by atoms with van der Waals surface area (Å²) in [7, 11) is 0. The molecule has 1 aromatic rings. The van der Waals surface area contributed by atoms with Crippen molar-refractivity contribution in [2.45, 2.75) is 37.5 Å². The number of halogens is 3. The van der Waals surface area contributed by atoms with Crippen molar-refractivity contribution in [2.75, 3.05) is 6.26 Å². The summed E-state index contributed by atoms with van der Waals surface area (Å²) in [6, 6.07) is 4.74. The Morgan fingerprint density at radius 2 is 1.94 bits per heavy atom. The molecule has 0 bridgehead atoms. The third-order valence-corrected chi connectivity index (χ3v) is 3.08. The van der Waals surface area contributed by atoms with Gasteiger partial charge in [-0.15, -0.1) is 11.8 Å². The van der Waals surface area contributed by atoms with Crippen LogP contribution < -0.4 is 5.32 Å². The Bertz CT molecular complexity index is 375. The Hall–Kier alpha value is -0.680. The molecule has 1 N–H and O–H groups in total. The maximum absolute atomic E-state index is 12.8. The van der Waals surface area contributed by atoms with Crippen molar-refractivity contribution >= 4 is 11.8 Å². The van der Waals surface area contributed by atoms with Gasteiger partial charge in [0.05, 0.1) is 5.56 Å². The molecule has 5 heteroatoms. The number of thioether (sulfide) groups is 1. The van der Waals surface area contributed by atoms with Crippen LogP contribution >= 0.6 is 11.8 Å². The van der Waals surface area contributed by atoms with Crippen molar-refractivity contribution in [2.24, 2.45) is 0 Å². The molecule has 1 nitrogen and oxygen atoms in total. The number of hydrogen-bond donors (Lipinski definition) is 1. The van der Waals surface area contributed by atoms with E-state index < -0.39 is 11.7 Å². The summed E-state index contributed by atoms with van der Waals surface area (Å²) in [6.07, 6.45) is -2.64. The van der Waals surface area contributed by atoms with Crippen LogP contribution in [-0.4, -0.2) is 12.3 Å². The van der Waals surface area contributed by atoms with Gasteiger partial charge in [-0.25, -0.2) is 0 Å². The van der Waals surface area contributed by atoms with Crippen molar-refractivity contribution in [1.29, 1.82) is 0 Å². The highest BCUT2D eigenvalue weighted by molar-refractivity contribution is 7.98. The first-order valence-electron chi connectivity index (χ1n) is 5.32. The minimum atomic E-state index is -4.29. The minimum Gasteiger partial charge on any atom is -0.310 e. The van der Waals surface area contributed by atoms with Crippen molar-refractivity contribution in [3.63, 3.8) is 0 Å². The molecular weight excluding hydrogens is 247 g/mol. The van der Waals surface area contributed by atoms with Crippen LogP contribution in [0.25, 0.3) is 0 Å². The molecule has 0 aromatic heterocycles. The van der Waals surface area contributed by atoms with Crippen LogP contribution in [-0.2, 0) is 12.7 Å². The summed E-state index contributed by atoms with van der Waals surface area (Å²) in [5.41, 5.74) is 0.108. The van der Waals surface area contributed by atoms with E-state index in [0.717, 1.165) is 11.8 Å². The smallest absolute Gasteiger partial charge is 0.310 e. The van der Waals surface area contributed by atoms with E-state index in [1.807, 2.05) is 13.8 Å². The van der Waals surface area contributed by atoms with Gasteiger partial charge in [0.1, 0.15) is 0 Å². The average Bonchev–Trinajstić information content (AvgIpc) is 2.24. The fourth-order valence-corrected chi connectivity index (χ4v) is 2.01. The second-order valence-electron chi connectivity index (χ2n) is 4.07. The SMILES string of the molecule is CSc1ccc(CNC(C)C)cc1C(F)(F)F. The fraction of sp³-hybridized carbons (Fsp3) is 0.500. The van der Waals surface area contributed by atoms with Gasteiger partial charge in [0.15, 0.2) is 0 Å². The molecule has 1 aromatic carbocycles. The van der Waals surface area contributed by atoms with Crippen molar-refractivity contribution < 1.29 is 13.2 Å². The van der Waals surface area contributed by atoms with E-state index in [4.69, 9.17) is 0 Å². The summed E-state index contributed by atoms with van der Waals surface area (Å²) in [6.45, 7) is 4.37. The molecule has 0 aliphatic rings. The molecule has 0 saturated heterocycles. The zero-order valence-corrected chi connectivity index (χ0v) is 10.9. The van der Waals surface area contributed by atoms with Gasteiger partial charge in [-0.3, -0.25) is 0 Å². The number of benzene rings is 1. The first-order valence-corrected chi connectivity index (χ1v) is 6.54. The summed E-state index contributed by atoms with van der Waals surface area (Å²) in [5.74, 6) is 0. The largest absolute Gasteiger partial charge is 0.417 e. The molecule has 0 atom stereocenters. The molecule has 0 aliphatic heterocycles. The number of nitrogens with one attached hydrogen (secondary N) is 1. The van der Waals surface area contributed by atoms with Gasteiger partial charge in [-0.05, 0) is 24.0 Å². The summed E-state index contributed by atoms with van der Waals surface area (Å²) in [4.78, 5) is 0.269. The maximum Gasteiger partial charge on any atom is 0.417 e. The zero-order valence-electron chi connectivity index (χ0n) is 10.1. The van der Waals surface area contributed by atoms with Gasteiger partial charge in [0, 0.05) is 17.5 Å². The molecule has 0 heterocycles. The van der Waals surface area contributed by atoms with Gasteiger partial charge >= 0.3 is 6.18 Å². The minimum absolute atomic E-state index is 0.254. The van der Waals surface area contributed by atoms with Gasteiger partial charge < -0.3 is 5.32 Å². The molecular formula is C12H16F3NS. The van der Waals surface area contributed by atoms with Crippen LogP contribution in [0.15, 0.2) is 23.1 Å². The van der Waals surface area contributed by atoms with E-state index in [1.54, 1.807) is 12.3 Å². The van der Waals surface area contributed by atoms with Crippen LogP contribution in [0.1, 0.15) is 25.0 Å². The van der Waals surface area contributed by atoms with E-state index in [1.165, 1.54) is 12.1 Å². The maximum atomic E-state index is 12.8. The van der Waals surface area contributed by atoms with Crippen LogP contribution in [0.3, 0.4) is 0 Å². The second-order valence-corrected chi connectivity index (χ2v) is 4.92. The average molecular weight is 263 g/mol. The van der Waals surface area contributed by atoms with Crippen LogP contribution in [0, 0.1) is 0 Å². The van der Waals surface area contributed by atoms with E-state index in [9.17, 15) is 13.2 Å². The first-order chi connectivity index (χ1) is 7.84. The van der Waals surface area contributed by atoms with Gasteiger partial charge in [-0.2, -0.15) is 13.2 Å². The van der Waals surface area contributed by atoms with Crippen molar-refractivity contribution in [3.8, 4) is 0 Å². The summed E-state index contributed by atoms with van der Waals surface area (Å²) < 4.78 is 38.3. The molecule has 17 heavy (non-hydrogen) atoms. The van der Waals surface area contributed by atoms with Crippen LogP contribution in [0.5, 0.6) is 0 Å². The zero-order chi connectivity index (χ0) is 13.1. The Morgan fingerprint density at radius 1 is 1.29 bits per heavy atom. The lowest BCUT2D eigenvalue weighted by molar-refractivity contribution is -0.139. The lowest BCUT2D eigenvalue weighted by Crippen LogP contribution is -2.22. The lowest BCUT2D eigenvalue weighted by Gasteiger charge is -2.14. The van der Waals surface area contributed by atoms with Crippen molar-refractivity contribution in [3.05, 3.63) is 29.3 Å². The number of alkyl halides is 3. The third kappa shape index (κ3) is 4.24. The predicted molar refractivity (Wildman–Crippen MR) is 65.2 cm³/mol. The van der Waals surface area contributed by atoms with Crippen molar-refractivity contribution in [1.82, 2.24) is 5.32 Å². The van der Waals surface area contributed by atoms with Gasteiger partial charge in [0.2, 0.25) is 0 Å². The topological polar surface area (TPSA) is 12.0 Å². The number of rotatable bonds is 4. The molecule has 96 valence electrons. The predicted octanol–water partition coefficient (Wildman–Crippen LogP) is 3.93. The van der Waals surface area contributed by atoms with E-state index in [2.05, 4.69) is 5.32 Å². The van der Waals surface area contributed by atoms with Gasteiger partial charge in [0.25, 0.3) is 0 Å². The van der Waals surface area contributed by atoms with Gasteiger partial charge in [-0.1, -0.05) is 19.9 Å². The standard InChI is InChI=1S/C12H16F3NS/c1-8(2)16-7-9-4-5-11(17-3)10(6-9)12(13,14)15/h4-6,8,16H,7H2,1-3H3. The molecule has 0 aliphatic carbocycles. The molecule has 1 rings (SSSR count).